The number of methoxy groups -OCH3 is 1. The predicted molar refractivity (Wildman–Crippen MR) is 92.2 cm³/mol. The van der Waals surface area contributed by atoms with Gasteiger partial charge in [0, 0.05) is 30.4 Å². The number of rotatable bonds is 3. The van der Waals surface area contributed by atoms with Crippen molar-refractivity contribution in [3.8, 4) is 5.75 Å². The molecule has 1 saturated heterocycles. The minimum atomic E-state index is -0.629. The molecule has 0 radical (unpaired) electrons. The maximum atomic E-state index is 13.4. The Balaban J connectivity index is 1.80. The van der Waals surface area contributed by atoms with E-state index >= 15 is 0 Å². The summed E-state index contributed by atoms with van der Waals surface area (Å²) < 4.78 is 18.6. The molecule has 1 aliphatic heterocycles. The first-order chi connectivity index (χ1) is 12.0. The molecular formula is C19H19FN2O3. The van der Waals surface area contributed by atoms with Crippen molar-refractivity contribution in [2.24, 2.45) is 0 Å². The second-order valence-corrected chi connectivity index (χ2v) is 5.88. The summed E-state index contributed by atoms with van der Waals surface area (Å²) >= 11 is 0. The zero-order valence-electron chi connectivity index (χ0n) is 14.1. The highest BCUT2D eigenvalue weighted by Crippen LogP contribution is 2.25. The molecule has 1 atom stereocenters. The van der Waals surface area contributed by atoms with Crippen LogP contribution in [0.2, 0.25) is 0 Å². The average molecular weight is 342 g/mol. The molecule has 1 heterocycles. The fourth-order valence-corrected chi connectivity index (χ4v) is 2.97. The lowest BCUT2D eigenvalue weighted by Crippen LogP contribution is -2.57. The molecule has 6 heteroatoms. The molecule has 0 unspecified atom stereocenters. The summed E-state index contributed by atoms with van der Waals surface area (Å²) in [5.74, 6) is -0.328. The SMILES string of the molecule is COc1cccc(N2CCN(C(=O)c3cccc(F)c3)[C@H](C)C2=O)c1. The fourth-order valence-electron chi connectivity index (χ4n) is 2.97. The first kappa shape index (κ1) is 17.0. The van der Waals surface area contributed by atoms with Crippen molar-refractivity contribution >= 4 is 17.5 Å². The Hall–Kier alpha value is -2.89. The van der Waals surface area contributed by atoms with E-state index in [1.54, 1.807) is 37.1 Å². The Kier molecular flexibility index (Phi) is 4.70. The molecule has 0 spiro atoms. The number of halogens is 1. The van der Waals surface area contributed by atoms with E-state index in [0.717, 1.165) is 5.69 Å². The first-order valence-corrected chi connectivity index (χ1v) is 8.03. The van der Waals surface area contributed by atoms with E-state index in [-0.39, 0.29) is 17.4 Å². The lowest BCUT2D eigenvalue weighted by Gasteiger charge is -2.39. The van der Waals surface area contributed by atoms with Gasteiger partial charge < -0.3 is 14.5 Å². The Bertz CT molecular complexity index is 809. The second-order valence-electron chi connectivity index (χ2n) is 5.88. The Morgan fingerprint density at radius 3 is 2.64 bits per heavy atom. The molecule has 0 aliphatic carbocycles. The van der Waals surface area contributed by atoms with Crippen LogP contribution >= 0.6 is 0 Å². The minimum Gasteiger partial charge on any atom is -0.497 e. The van der Waals surface area contributed by atoms with Crippen LogP contribution in [-0.4, -0.2) is 43.0 Å². The highest BCUT2D eigenvalue weighted by atomic mass is 19.1. The van der Waals surface area contributed by atoms with Gasteiger partial charge in [0.1, 0.15) is 17.6 Å². The van der Waals surface area contributed by atoms with Crippen molar-refractivity contribution in [3.63, 3.8) is 0 Å². The third-order valence-electron chi connectivity index (χ3n) is 4.35. The van der Waals surface area contributed by atoms with Gasteiger partial charge in [0.2, 0.25) is 5.91 Å². The summed E-state index contributed by atoms with van der Waals surface area (Å²) in [5.41, 5.74) is 0.975. The van der Waals surface area contributed by atoms with Crippen molar-refractivity contribution in [3.05, 3.63) is 59.9 Å². The molecular weight excluding hydrogens is 323 g/mol. The number of carbonyl (C=O) groups is 2. The fraction of sp³-hybridized carbons (Fsp3) is 0.263. The molecule has 1 fully saturated rings. The van der Waals surface area contributed by atoms with Gasteiger partial charge in [-0.25, -0.2) is 4.39 Å². The van der Waals surface area contributed by atoms with E-state index in [0.29, 0.717) is 18.8 Å². The molecule has 0 aromatic heterocycles. The van der Waals surface area contributed by atoms with Crippen LogP contribution in [0.15, 0.2) is 48.5 Å². The van der Waals surface area contributed by atoms with E-state index < -0.39 is 11.9 Å². The van der Waals surface area contributed by atoms with Gasteiger partial charge in [0.05, 0.1) is 7.11 Å². The number of anilines is 1. The molecule has 0 saturated carbocycles. The van der Waals surface area contributed by atoms with Crippen LogP contribution in [0.3, 0.4) is 0 Å². The Morgan fingerprint density at radius 1 is 1.16 bits per heavy atom. The van der Waals surface area contributed by atoms with E-state index in [2.05, 4.69) is 0 Å². The van der Waals surface area contributed by atoms with Gasteiger partial charge in [-0.15, -0.1) is 0 Å². The van der Waals surface area contributed by atoms with Crippen LogP contribution in [-0.2, 0) is 4.79 Å². The monoisotopic (exact) mass is 342 g/mol. The van der Waals surface area contributed by atoms with Crippen LogP contribution in [0.5, 0.6) is 5.75 Å². The van der Waals surface area contributed by atoms with Gasteiger partial charge in [0.25, 0.3) is 5.91 Å². The molecule has 0 N–H and O–H groups in total. The number of piperazine rings is 1. The van der Waals surface area contributed by atoms with Crippen molar-refractivity contribution in [2.75, 3.05) is 25.1 Å². The summed E-state index contributed by atoms with van der Waals surface area (Å²) in [4.78, 5) is 28.5. The molecule has 3 rings (SSSR count). The Labute approximate surface area is 145 Å². The predicted octanol–water partition coefficient (Wildman–Crippen LogP) is 2.71. The third-order valence-corrected chi connectivity index (χ3v) is 4.35. The number of hydrogen-bond donors (Lipinski definition) is 0. The molecule has 0 bridgehead atoms. The van der Waals surface area contributed by atoms with Gasteiger partial charge in [0.15, 0.2) is 0 Å². The second kappa shape index (κ2) is 6.93. The maximum absolute atomic E-state index is 13.4. The smallest absolute Gasteiger partial charge is 0.254 e. The summed E-state index contributed by atoms with van der Waals surface area (Å²) in [5, 5.41) is 0. The van der Waals surface area contributed by atoms with Gasteiger partial charge in [-0.2, -0.15) is 0 Å². The minimum absolute atomic E-state index is 0.177. The molecule has 25 heavy (non-hydrogen) atoms. The summed E-state index contributed by atoms with van der Waals surface area (Å²) in [6.45, 7) is 2.43. The molecule has 1 aliphatic rings. The number of amides is 2. The topological polar surface area (TPSA) is 49.9 Å². The van der Waals surface area contributed by atoms with Crippen molar-refractivity contribution < 1.29 is 18.7 Å². The van der Waals surface area contributed by atoms with Gasteiger partial charge >= 0.3 is 0 Å². The quantitative estimate of drug-likeness (QED) is 0.862. The molecule has 2 amide bonds. The van der Waals surface area contributed by atoms with Crippen LogP contribution < -0.4 is 9.64 Å². The van der Waals surface area contributed by atoms with Crippen molar-refractivity contribution in [2.45, 2.75) is 13.0 Å². The standard InChI is InChI=1S/C19H19FN2O3/c1-13-18(23)22(16-7-4-8-17(12-16)25-2)10-9-21(13)19(24)14-5-3-6-15(20)11-14/h3-8,11-13H,9-10H2,1-2H3/t13-/m1/s1. The van der Waals surface area contributed by atoms with Gasteiger partial charge in [-0.3, -0.25) is 9.59 Å². The largest absolute Gasteiger partial charge is 0.497 e. The number of carbonyl (C=O) groups excluding carboxylic acids is 2. The van der Waals surface area contributed by atoms with Crippen LogP contribution in [0, 0.1) is 5.82 Å². The molecule has 5 nitrogen and oxygen atoms in total. The number of ether oxygens (including phenoxy) is 1. The van der Waals surface area contributed by atoms with E-state index in [1.165, 1.54) is 23.1 Å². The van der Waals surface area contributed by atoms with Crippen LogP contribution in [0.25, 0.3) is 0 Å². The normalized spacial score (nSPS) is 17.6. The molecule has 2 aromatic carbocycles. The van der Waals surface area contributed by atoms with Crippen molar-refractivity contribution in [1.29, 1.82) is 0 Å². The highest BCUT2D eigenvalue weighted by molar-refractivity contribution is 6.03. The number of benzene rings is 2. The average Bonchev–Trinajstić information content (AvgIpc) is 2.63. The summed E-state index contributed by atoms with van der Waals surface area (Å²) in [6.07, 6.45) is 0. The van der Waals surface area contributed by atoms with Gasteiger partial charge in [-0.1, -0.05) is 12.1 Å². The lowest BCUT2D eigenvalue weighted by atomic mass is 10.1. The van der Waals surface area contributed by atoms with E-state index in [4.69, 9.17) is 4.74 Å². The summed E-state index contributed by atoms with van der Waals surface area (Å²) in [7, 11) is 1.57. The van der Waals surface area contributed by atoms with Crippen LogP contribution in [0.4, 0.5) is 10.1 Å². The highest BCUT2D eigenvalue weighted by Gasteiger charge is 2.35. The Morgan fingerprint density at radius 2 is 1.92 bits per heavy atom. The summed E-state index contributed by atoms with van der Waals surface area (Å²) in [6, 6.07) is 12.1. The maximum Gasteiger partial charge on any atom is 0.254 e. The third kappa shape index (κ3) is 3.33. The van der Waals surface area contributed by atoms with Gasteiger partial charge in [-0.05, 0) is 37.3 Å². The first-order valence-electron chi connectivity index (χ1n) is 8.03. The van der Waals surface area contributed by atoms with E-state index in [9.17, 15) is 14.0 Å². The van der Waals surface area contributed by atoms with Crippen LogP contribution in [0.1, 0.15) is 17.3 Å². The number of nitrogens with zero attached hydrogens (tertiary/aromatic N) is 2. The lowest BCUT2D eigenvalue weighted by molar-refractivity contribution is -0.124. The zero-order chi connectivity index (χ0) is 18.0. The van der Waals surface area contributed by atoms with E-state index in [1.807, 2.05) is 12.1 Å². The van der Waals surface area contributed by atoms with Crippen molar-refractivity contribution in [1.82, 2.24) is 4.90 Å². The molecule has 2 aromatic rings. The number of hydrogen-bond acceptors (Lipinski definition) is 3. The molecule has 130 valence electrons. The zero-order valence-corrected chi connectivity index (χ0v) is 14.1.